The number of methoxy groups -OCH3 is 1. The molecule has 2 N–H and O–H groups in total. The van der Waals surface area contributed by atoms with Crippen LogP contribution in [0.15, 0.2) is 42.5 Å². The molecule has 0 saturated carbocycles. The maximum absolute atomic E-state index is 13.4. The van der Waals surface area contributed by atoms with Crippen LogP contribution in [0.25, 0.3) is 33.5 Å². The summed E-state index contributed by atoms with van der Waals surface area (Å²) in [4.78, 5) is 31.1. The van der Waals surface area contributed by atoms with E-state index in [9.17, 15) is 9.59 Å². The molecule has 182 valence electrons. The zero-order valence-electron chi connectivity index (χ0n) is 20.1. The zero-order valence-corrected chi connectivity index (χ0v) is 20.1. The largest absolute Gasteiger partial charge is 0.494 e. The molecule has 1 aliphatic heterocycles. The van der Waals surface area contributed by atoms with Crippen LogP contribution in [0.4, 0.5) is 4.79 Å². The Bertz CT molecular complexity index is 1440. The molecule has 0 aliphatic carbocycles. The van der Waals surface area contributed by atoms with Crippen molar-refractivity contribution < 1.29 is 19.4 Å². The highest BCUT2D eigenvalue weighted by molar-refractivity contribution is 6.00. The Balaban J connectivity index is 1.56. The minimum Gasteiger partial charge on any atom is -0.494 e. The molecule has 9 heteroatoms. The number of amides is 2. The number of likely N-dealkylation sites (tertiary alicyclic amines) is 1. The summed E-state index contributed by atoms with van der Waals surface area (Å²) in [6.07, 6.45) is 0.386. The SMILES string of the molecule is CCn1c(-c2nc3cc(C(=O)N4CCC[C@@H](NC(=O)O)C4)cc(OC)c3n2C)cc2ccccc21. The summed E-state index contributed by atoms with van der Waals surface area (Å²) in [7, 11) is 3.55. The fraction of sp³-hybridized carbons (Fsp3) is 0.346. The molecular weight excluding hydrogens is 446 g/mol. The number of hydrogen-bond donors (Lipinski definition) is 2. The first-order chi connectivity index (χ1) is 16.9. The average molecular weight is 476 g/mol. The molecule has 1 aliphatic rings. The lowest BCUT2D eigenvalue weighted by Gasteiger charge is -2.32. The van der Waals surface area contributed by atoms with Crippen molar-refractivity contribution in [1.29, 1.82) is 0 Å². The standard InChI is InChI=1S/C26H29N5O4/c1-4-31-20-10-6-5-8-16(20)13-21(31)24-28-19-12-17(14-22(35-3)23(19)29(24)2)25(32)30-11-7-9-18(15-30)27-26(33)34/h5-6,8,10,12-14,18,27H,4,7,9,11,15H2,1-3H3,(H,33,34)/t18-/m1/s1. The molecule has 5 rings (SSSR count). The van der Waals surface area contributed by atoms with E-state index < -0.39 is 6.09 Å². The Hall–Kier alpha value is -4.01. The van der Waals surface area contributed by atoms with Crippen molar-refractivity contribution in [2.75, 3.05) is 20.2 Å². The van der Waals surface area contributed by atoms with E-state index in [2.05, 4.69) is 35.0 Å². The lowest BCUT2D eigenvalue weighted by atomic mass is 10.0. The maximum atomic E-state index is 13.4. The summed E-state index contributed by atoms with van der Waals surface area (Å²) in [5.41, 5.74) is 4.12. The maximum Gasteiger partial charge on any atom is 0.404 e. The van der Waals surface area contributed by atoms with Crippen LogP contribution in [0.2, 0.25) is 0 Å². The number of para-hydroxylation sites is 1. The lowest BCUT2D eigenvalue weighted by Crippen LogP contribution is -2.49. The van der Waals surface area contributed by atoms with Crippen molar-refractivity contribution in [3.05, 3.63) is 48.0 Å². The van der Waals surface area contributed by atoms with E-state index in [1.807, 2.05) is 23.7 Å². The van der Waals surface area contributed by atoms with Gasteiger partial charge in [0.1, 0.15) is 11.3 Å². The van der Waals surface area contributed by atoms with Gasteiger partial charge in [0.15, 0.2) is 5.82 Å². The molecule has 0 bridgehead atoms. The molecule has 3 heterocycles. The Morgan fingerprint density at radius 3 is 2.77 bits per heavy atom. The van der Waals surface area contributed by atoms with Gasteiger partial charge >= 0.3 is 6.09 Å². The summed E-state index contributed by atoms with van der Waals surface area (Å²) < 4.78 is 9.94. The molecule has 2 aromatic heterocycles. The van der Waals surface area contributed by atoms with E-state index in [1.165, 1.54) is 0 Å². The molecule has 1 fully saturated rings. The van der Waals surface area contributed by atoms with Gasteiger partial charge in [-0.05, 0) is 44.0 Å². The van der Waals surface area contributed by atoms with Gasteiger partial charge in [-0.3, -0.25) is 4.79 Å². The van der Waals surface area contributed by atoms with Crippen molar-refractivity contribution in [1.82, 2.24) is 24.3 Å². The van der Waals surface area contributed by atoms with Crippen LogP contribution >= 0.6 is 0 Å². The molecule has 35 heavy (non-hydrogen) atoms. The van der Waals surface area contributed by atoms with Crippen molar-refractivity contribution in [2.24, 2.45) is 7.05 Å². The summed E-state index contributed by atoms with van der Waals surface area (Å²) in [6, 6.07) is 13.7. The quantitative estimate of drug-likeness (QED) is 0.453. The number of aromatic nitrogens is 3. The van der Waals surface area contributed by atoms with E-state index in [0.29, 0.717) is 36.3 Å². The number of imidazole rings is 1. The average Bonchev–Trinajstić information content (AvgIpc) is 3.39. The normalized spacial score (nSPS) is 16.1. The number of aryl methyl sites for hydroxylation is 2. The third kappa shape index (κ3) is 3.96. The minimum absolute atomic E-state index is 0.156. The minimum atomic E-state index is -1.07. The van der Waals surface area contributed by atoms with Gasteiger partial charge in [-0.1, -0.05) is 18.2 Å². The second-order valence-corrected chi connectivity index (χ2v) is 8.91. The molecule has 0 spiro atoms. The Kier molecular flexibility index (Phi) is 5.84. The molecule has 1 atom stereocenters. The first-order valence-electron chi connectivity index (χ1n) is 11.8. The number of nitrogens with zero attached hydrogens (tertiary/aromatic N) is 4. The van der Waals surface area contributed by atoms with Crippen LogP contribution < -0.4 is 10.1 Å². The lowest BCUT2D eigenvalue weighted by molar-refractivity contribution is 0.0692. The van der Waals surface area contributed by atoms with Gasteiger partial charge in [-0.2, -0.15) is 0 Å². The van der Waals surface area contributed by atoms with E-state index in [0.717, 1.165) is 40.9 Å². The van der Waals surface area contributed by atoms with E-state index in [1.54, 1.807) is 24.1 Å². The van der Waals surface area contributed by atoms with Gasteiger partial charge in [0, 0.05) is 49.2 Å². The number of nitrogens with one attached hydrogen (secondary N) is 1. The third-order valence-electron chi connectivity index (χ3n) is 6.79. The zero-order chi connectivity index (χ0) is 24.7. The van der Waals surface area contributed by atoms with Crippen LogP contribution in [-0.2, 0) is 13.6 Å². The number of benzene rings is 2. The Morgan fingerprint density at radius 1 is 1.23 bits per heavy atom. The van der Waals surface area contributed by atoms with E-state index >= 15 is 0 Å². The van der Waals surface area contributed by atoms with Crippen LogP contribution in [0.3, 0.4) is 0 Å². The molecule has 1 saturated heterocycles. The predicted octanol–water partition coefficient (Wildman–Crippen LogP) is 4.10. The van der Waals surface area contributed by atoms with Crippen molar-refractivity contribution >= 4 is 33.9 Å². The van der Waals surface area contributed by atoms with Gasteiger partial charge in [0.2, 0.25) is 0 Å². The molecule has 0 unspecified atom stereocenters. The van der Waals surface area contributed by atoms with Crippen LogP contribution in [0, 0.1) is 0 Å². The number of hydrogen-bond acceptors (Lipinski definition) is 4. The number of carboxylic acid groups (broad SMARTS) is 1. The molecular formula is C26H29N5O4. The number of ether oxygens (including phenoxy) is 1. The van der Waals surface area contributed by atoms with Crippen molar-refractivity contribution in [3.8, 4) is 17.3 Å². The van der Waals surface area contributed by atoms with Crippen LogP contribution in [-0.4, -0.2) is 62.4 Å². The fourth-order valence-electron chi connectivity index (χ4n) is 5.19. The summed E-state index contributed by atoms with van der Waals surface area (Å²) in [6.45, 7) is 3.84. The van der Waals surface area contributed by atoms with E-state index in [4.69, 9.17) is 14.8 Å². The Morgan fingerprint density at radius 2 is 2.03 bits per heavy atom. The van der Waals surface area contributed by atoms with Gasteiger partial charge in [-0.25, -0.2) is 9.78 Å². The first-order valence-corrected chi connectivity index (χ1v) is 11.8. The van der Waals surface area contributed by atoms with Gasteiger partial charge < -0.3 is 29.2 Å². The summed E-state index contributed by atoms with van der Waals surface area (Å²) in [5, 5.41) is 12.7. The van der Waals surface area contributed by atoms with Gasteiger partial charge in [0.25, 0.3) is 5.91 Å². The van der Waals surface area contributed by atoms with E-state index in [-0.39, 0.29) is 11.9 Å². The smallest absolute Gasteiger partial charge is 0.404 e. The summed E-state index contributed by atoms with van der Waals surface area (Å²) >= 11 is 0. The molecule has 4 aromatic rings. The molecule has 9 nitrogen and oxygen atoms in total. The second kappa shape index (κ2) is 8.98. The molecule has 2 amide bonds. The monoisotopic (exact) mass is 475 g/mol. The van der Waals surface area contributed by atoms with Crippen molar-refractivity contribution in [2.45, 2.75) is 32.4 Å². The Labute approximate surface area is 202 Å². The second-order valence-electron chi connectivity index (χ2n) is 8.91. The third-order valence-corrected chi connectivity index (χ3v) is 6.79. The number of carbonyl (C=O) groups excluding carboxylic acids is 1. The highest BCUT2D eigenvalue weighted by Gasteiger charge is 2.27. The molecule has 0 radical (unpaired) electrons. The van der Waals surface area contributed by atoms with Crippen LogP contribution in [0.5, 0.6) is 5.75 Å². The number of rotatable bonds is 5. The number of piperidine rings is 1. The highest BCUT2D eigenvalue weighted by atomic mass is 16.5. The highest BCUT2D eigenvalue weighted by Crippen LogP contribution is 2.34. The first kappa shape index (κ1) is 22.8. The van der Waals surface area contributed by atoms with Crippen molar-refractivity contribution in [3.63, 3.8) is 0 Å². The molecule has 2 aromatic carbocycles. The predicted molar refractivity (Wildman–Crippen MR) is 134 cm³/mol. The summed E-state index contributed by atoms with van der Waals surface area (Å²) in [5.74, 6) is 1.21. The van der Waals surface area contributed by atoms with Gasteiger partial charge in [0.05, 0.1) is 18.3 Å². The fourth-order valence-corrected chi connectivity index (χ4v) is 5.19. The number of fused-ring (bicyclic) bond motifs is 2. The van der Waals surface area contributed by atoms with Gasteiger partial charge in [-0.15, -0.1) is 0 Å². The van der Waals surface area contributed by atoms with Crippen LogP contribution in [0.1, 0.15) is 30.1 Å². The topological polar surface area (TPSA) is 102 Å². The number of carbonyl (C=O) groups is 2.